The maximum absolute atomic E-state index is 12.9. The Morgan fingerprint density at radius 2 is 2.06 bits per heavy atom. The van der Waals surface area contributed by atoms with Crippen molar-refractivity contribution < 1.29 is 14.3 Å². The number of nitrogens with zero attached hydrogens (tertiary/aromatic N) is 1. The van der Waals surface area contributed by atoms with E-state index in [0.29, 0.717) is 6.54 Å². The van der Waals surface area contributed by atoms with E-state index in [1.807, 2.05) is 32.8 Å². The molecule has 0 aliphatic rings. The largest absolute Gasteiger partial charge is 0.505 e. The van der Waals surface area contributed by atoms with Gasteiger partial charge in [-0.25, -0.2) is 4.39 Å². The van der Waals surface area contributed by atoms with E-state index in [-0.39, 0.29) is 11.5 Å². The molecule has 0 saturated heterocycles. The minimum Gasteiger partial charge on any atom is -0.505 e. The van der Waals surface area contributed by atoms with Gasteiger partial charge in [-0.15, -0.1) is 0 Å². The van der Waals surface area contributed by atoms with E-state index in [1.54, 1.807) is 0 Å². The number of halogens is 1. The van der Waals surface area contributed by atoms with Crippen LogP contribution in [0, 0.1) is 5.82 Å². The maximum atomic E-state index is 12.9. The van der Waals surface area contributed by atoms with Gasteiger partial charge >= 0.3 is 0 Å². The van der Waals surface area contributed by atoms with E-state index in [4.69, 9.17) is 0 Å². The summed E-state index contributed by atoms with van der Waals surface area (Å²) < 4.78 is 12.9. The van der Waals surface area contributed by atoms with Crippen molar-refractivity contribution >= 4 is 5.91 Å². The number of likely N-dealkylation sites (N-methyl/N-ethyl adjacent to an activating group) is 1. The summed E-state index contributed by atoms with van der Waals surface area (Å²) in [7, 11) is 3.83. The molecule has 0 fully saturated rings. The smallest absolute Gasteiger partial charge is 0.251 e. The third-order valence-electron chi connectivity index (χ3n) is 2.37. The molecule has 5 heteroatoms. The summed E-state index contributed by atoms with van der Waals surface area (Å²) in [5.74, 6) is -1.59. The molecule has 0 atom stereocenters. The fourth-order valence-electron chi connectivity index (χ4n) is 1.86. The third-order valence-corrected chi connectivity index (χ3v) is 2.37. The first-order valence-corrected chi connectivity index (χ1v) is 5.67. The Morgan fingerprint density at radius 3 is 2.56 bits per heavy atom. The van der Waals surface area contributed by atoms with Gasteiger partial charge in [-0.1, -0.05) is 0 Å². The lowest BCUT2D eigenvalue weighted by Gasteiger charge is -2.29. The van der Waals surface area contributed by atoms with Crippen molar-refractivity contribution in [3.63, 3.8) is 0 Å². The minimum absolute atomic E-state index is 0.237. The van der Waals surface area contributed by atoms with Gasteiger partial charge in [-0.05, 0) is 46.1 Å². The number of hydrogen-bond donors (Lipinski definition) is 2. The zero-order chi connectivity index (χ0) is 13.9. The summed E-state index contributed by atoms with van der Waals surface area (Å²) in [6.07, 6.45) is 0. The van der Waals surface area contributed by atoms with Gasteiger partial charge in [0.05, 0.1) is 0 Å². The first kappa shape index (κ1) is 14.4. The fraction of sp³-hybridized carbons (Fsp3) is 0.462. The summed E-state index contributed by atoms with van der Waals surface area (Å²) in [4.78, 5) is 13.9. The number of hydrogen-bond acceptors (Lipinski definition) is 3. The van der Waals surface area contributed by atoms with Crippen molar-refractivity contribution in [3.05, 3.63) is 29.6 Å². The average Bonchev–Trinajstić information content (AvgIpc) is 2.19. The van der Waals surface area contributed by atoms with Crippen LogP contribution in [0.4, 0.5) is 4.39 Å². The Bertz CT molecular complexity index is 445. The zero-order valence-corrected chi connectivity index (χ0v) is 11.1. The minimum atomic E-state index is -0.737. The Kier molecular flexibility index (Phi) is 4.29. The number of rotatable bonds is 4. The number of carbonyl (C=O) groups is 1. The monoisotopic (exact) mass is 254 g/mol. The van der Waals surface area contributed by atoms with Gasteiger partial charge in [0.25, 0.3) is 5.91 Å². The van der Waals surface area contributed by atoms with E-state index < -0.39 is 17.1 Å². The zero-order valence-electron chi connectivity index (χ0n) is 11.1. The second kappa shape index (κ2) is 5.35. The first-order valence-electron chi connectivity index (χ1n) is 5.67. The van der Waals surface area contributed by atoms with E-state index in [2.05, 4.69) is 5.32 Å². The topological polar surface area (TPSA) is 52.6 Å². The van der Waals surface area contributed by atoms with Gasteiger partial charge in [0.15, 0.2) is 11.6 Å². The highest BCUT2D eigenvalue weighted by atomic mass is 19.1. The van der Waals surface area contributed by atoms with Gasteiger partial charge in [0.1, 0.15) is 0 Å². The molecule has 0 bridgehead atoms. The molecule has 0 aromatic heterocycles. The molecule has 1 aromatic rings. The van der Waals surface area contributed by atoms with Gasteiger partial charge in [0.2, 0.25) is 0 Å². The maximum Gasteiger partial charge on any atom is 0.251 e. The highest BCUT2D eigenvalue weighted by Gasteiger charge is 2.22. The molecule has 4 nitrogen and oxygen atoms in total. The molecule has 0 unspecified atom stereocenters. The molecule has 0 spiro atoms. The summed E-state index contributed by atoms with van der Waals surface area (Å²) in [5.41, 5.74) is -0.175. The Hall–Kier alpha value is -1.62. The second-order valence-corrected chi connectivity index (χ2v) is 5.24. The lowest BCUT2D eigenvalue weighted by molar-refractivity contribution is 0.0899. The van der Waals surface area contributed by atoms with Gasteiger partial charge < -0.3 is 15.3 Å². The summed E-state index contributed by atoms with van der Waals surface area (Å²) in [5, 5.41) is 12.1. The number of aromatic hydroxyl groups is 1. The van der Waals surface area contributed by atoms with E-state index in [0.717, 1.165) is 12.1 Å². The number of phenolic OH excluding ortho intramolecular Hbond substituents is 1. The number of amides is 1. The predicted octanol–water partition coefficient (Wildman–Crippen LogP) is 1.60. The number of nitrogens with one attached hydrogen (secondary N) is 1. The number of carbonyl (C=O) groups excluding carboxylic acids is 1. The standard InChI is InChI=1S/C13H19FN2O2/c1-13(2,8-16(3)4)15-12(18)9-5-6-10(14)11(17)7-9/h5-7,17H,8H2,1-4H3,(H,15,18). The predicted molar refractivity (Wildman–Crippen MR) is 68.2 cm³/mol. The van der Waals surface area contributed by atoms with Crippen molar-refractivity contribution in [3.8, 4) is 5.75 Å². The van der Waals surface area contributed by atoms with Crippen LogP contribution >= 0.6 is 0 Å². The quantitative estimate of drug-likeness (QED) is 0.858. The summed E-state index contributed by atoms with van der Waals surface area (Å²) >= 11 is 0. The third kappa shape index (κ3) is 4.00. The molecule has 1 rings (SSSR count). The molecular formula is C13H19FN2O2. The number of phenols is 1. The van der Waals surface area contributed by atoms with Crippen LogP contribution in [-0.2, 0) is 0 Å². The van der Waals surface area contributed by atoms with Crippen LogP contribution in [0.25, 0.3) is 0 Å². The summed E-state index contributed by atoms with van der Waals surface area (Å²) in [6.45, 7) is 4.47. The molecule has 0 radical (unpaired) electrons. The summed E-state index contributed by atoms with van der Waals surface area (Å²) in [6, 6.07) is 3.54. The molecule has 2 N–H and O–H groups in total. The molecule has 1 aromatic carbocycles. The van der Waals surface area contributed by atoms with Crippen molar-refractivity contribution in [2.75, 3.05) is 20.6 Å². The lowest BCUT2D eigenvalue weighted by atomic mass is 10.0. The molecule has 0 saturated carbocycles. The van der Waals surface area contributed by atoms with Crippen LogP contribution < -0.4 is 5.32 Å². The van der Waals surface area contributed by atoms with E-state index in [1.165, 1.54) is 6.07 Å². The molecule has 18 heavy (non-hydrogen) atoms. The Morgan fingerprint density at radius 1 is 1.44 bits per heavy atom. The van der Waals surface area contributed by atoms with Gasteiger partial charge in [-0.3, -0.25) is 4.79 Å². The SMILES string of the molecule is CN(C)CC(C)(C)NC(=O)c1ccc(F)c(O)c1. The van der Waals surface area contributed by atoms with Crippen LogP contribution in [0.2, 0.25) is 0 Å². The molecule has 0 aliphatic carbocycles. The highest BCUT2D eigenvalue weighted by molar-refractivity contribution is 5.95. The van der Waals surface area contributed by atoms with Crippen molar-refractivity contribution in [2.24, 2.45) is 0 Å². The average molecular weight is 254 g/mol. The lowest BCUT2D eigenvalue weighted by Crippen LogP contribution is -2.49. The van der Waals surface area contributed by atoms with Crippen molar-refractivity contribution in [1.29, 1.82) is 0 Å². The molecule has 0 heterocycles. The Balaban J connectivity index is 2.79. The van der Waals surface area contributed by atoms with Crippen LogP contribution in [0.15, 0.2) is 18.2 Å². The van der Waals surface area contributed by atoms with Crippen LogP contribution in [-0.4, -0.2) is 42.1 Å². The fourth-order valence-corrected chi connectivity index (χ4v) is 1.86. The molecule has 100 valence electrons. The van der Waals surface area contributed by atoms with Crippen molar-refractivity contribution in [1.82, 2.24) is 10.2 Å². The first-order chi connectivity index (χ1) is 8.21. The van der Waals surface area contributed by atoms with Gasteiger partial charge in [-0.2, -0.15) is 0 Å². The van der Waals surface area contributed by atoms with Crippen LogP contribution in [0.3, 0.4) is 0 Å². The van der Waals surface area contributed by atoms with E-state index >= 15 is 0 Å². The molecule has 0 aliphatic heterocycles. The van der Waals surface area contributed by atoms with Crippen LogP contribution in [0.1, 0.15) is 24.2 Å². The van der Waals surface area contributed by atoms with Crippen LogP contribution in [0.5, 0.6) is 5.75 Å². The Labute approximate surface area is 106 Å². The molecule has 1 amide bonds. The van der Waals surface area contributed by atoms with E-state index in [9.17, 15) is 14.3 Å². The highest BCUT2D eigenvalue weighted by Crippen LogP contribution is 2.17. The number of benzene rings is 1. The molecular weight excluding hydrogens is 235 g/mol. The normalized spacial score (nSPS) is 11.7. The van der Waals surface area contributed by atoms with Gasteiger partial charge in [0, 0.05) is 17.6 Å². The second-order valence-electron chi connectivity index (χ2n) is 5.24. The van der Waals surface area contributed by atoms with Crippen molar-refractivity contribution in [2.45, 2.75) is 19.4 Å².